The van der Waals surface area contributed by atoms with Gasteiger partial charge < -0.3 is 11.1 Å². The molecule has 2 rings (SSSR count). The van der Waals surface area contributed by atoms with Gasteiger partial charge in [0.1, 0.15) is 23.3 Å². The summed E-state index contributed by atoms with van der Waals surface area (Å²) < 4.78 is 50.8. The van der Waals surface area contributed by atoms with Crippen LogP contribution < -0.4 is 29.6 Å². The minimum atomic E-state index is -0.829. The number of hydrogen-bond donors (Lipinski definition) is 0. The number of alkyl halides is 1. The summed E-state index contributed by atoms with van der Waals surface area (Å²) in [7, 11) is 0. The molecule has 0 fully saturated rings. The first-order valence-corrected chi connectivity index (χ1v) is 8.49. The Hall–Kier alpha value is -3.10. The molecule has 0 atom stereocenters. The maximum absolute atomic E-state index is 12.9. The molecule has 0 aromatic heterocycles. The van der Waals surface area contributed by atoms with Crippen LogP contribution in [-0.2, 0) is 0 Å². The van der Waals surface area contributed by atoms with E-state index in [1.807, 2.05) is 0 Å². The fourth-order valence-electron chi connectivity index (χ4n) is 1.68. The quantitative estimate of drug-likeness (QED) is 0.114. The van der Waals surface area contributed by atoms with Gasteiger partial charge in [-0.05, 0) is 41.9 Å². The van der Waals surface area contributed by atoms with Gasteiger partial charge >= 0.3 is 29.6 Å². The minimum absolute atomic E-state index is 0. The molecule has 9 nitrogen and oxygen atoms in total. The van der Waals surface area contributed by atoms with Gasteiger partial charge in [0.15, 0.2) is 11.6 Å². The van der Waals surface area contributed by atoms with E-state index in [0.717, 1.165) is 36.4 Å². The van der Waals surface area contributed by atoms with Crippen molar-refractivity contribution in [1.82, 2.24) is 0 Å². The van der Waals surface area contributed by atoms with Crippen molar-refractivity contribution in [3.8, 4) is 6.07 Å². The molecule has 176 valence electrons. The summed E-state index contributed by atoms with van der Waals surface area (Å²) in [5, 5.41) is 10.3. The second-order valence-corrected chi connectivity index (χ2v) is 5.20. The smallest absolute Gasteiger partial charge is 0.373 e. The molecular formula is C19H17ClF4N7NaO2. The number of nitrogens with zero attached hydrogens (tertiary/aromatic N) is 7. The molecule has 0 saturated heterocycles. The SMILES string of the molecule is C.CC#N.O=C(CCl)c1cc(F)ccc1F.[N-]=[N+]=NCC(=O)c1cc(F)ccc1F.[N-]=[N+]=[N-].[Na+]. The van der Waals surface area contributed by atoms with Crippen LogP contribution >= 0.6 is 11.6 Å². The zero-order chi connectivity index (χ0) is 25.1. The van der Waals surface area contributed by atoms with Crippen molar-refractivity contribution in [2.45, 2.75) is 14.4 Å². The second-order valence-electron chi connectivity index (χ2n) is 4.93. The summed E-state index contributed by atoms with van der Waals surface area (Å²) in [4.78, 5) is 25.8. The van der Waals surface area contributed by atoms with Gasteiger partial charge in [0.05, 0.1) is 29.6 Å². The number of benzene rings is 2. The number of ketones is 2. The van der Waals surface area contributed by atoms with Gasteiger partial charge in [0.25, 0.3) is 0 Å². The average molecular weight is 510 g/mol. The summed E-state index contributed by atoms with van der Waals surface area (Å²) in [5.41, 5.74) is 20.7. The first-order valence-electron chi connectivity index (χ1n) is 7.95. The normalized spacial score (nSPS) is 7.79. The van der Waals surface area contributed by atoms with Gasteiger partial charge in [0.2, 0.25) is 0 Å². The summed E-state index contributed by atoms with van der Waals surface area (Å²) in [5.74, 6) is -4.65. The van der Waals surface area contributed by atoms with Crippen molar-refractivity contribution in [2.24, 2.45) is 5.11 Å². The van der Waals surface area contributed by atoms with E-state index >= 15 is 0 Å². The van der Waals surface area contributed by atoms with Crippen LogP contribution in [-0.4, -0.2) is 24.0 Å². The predicted octanol–water partition coefficient (Wildman–Crippen LogP) is 3.88. The Kier molecular flexibility index (Phi) is 25.9. The zero-order valence-electron chi connectivity index (χ0n) is 17.2. The van der Waals surface area contributed by atoms with Gasteiger partial charge in [0, 0.05) is 11.8 Å². The monoisotopic (exact) mass is 509 g/mol. The predicted molar refractivity (Wildman–Crippen MR) is 114 cm³/mol. The van der Waals surface area contributed by atoms with Crippen molar-refractivity contribution >= 4 is 23.2 Å². The van der Waals surface area contributed by atoms with Crippen molar-refractivity contribution in [3.05, 3.63) is 97.2 Å². The maximum Gasteiger partial charge on any atom is 1.00 e. The average Bonchev–Trinajstić information content (AvgIpc) is 2.76. The van der Waals surface area contributed by atoms with Gasteiger partial charge in [-0.15, -0.1) is 11.6 Å². The number of rotatable bonds is 5. The molecular weight excluding hydrogens is 493 g/mol. The van der Waals surface area contributed by atoms with Crippen LogP contribution in [0.25, 0.3) is 26.4 Å². The molecule has 0 N–H and O–H groups in total. The van der Waals surface area contributed by atoms with Crippen molar-refractivity contribution in [1.29, 1.82) is 5.26 Å². The molecule has 0 amide bonds. The molecule has 0 aliphatic heterocycles. The summed E-state index contributed by atoms with van der Waals surface area (Å²) in [6.07, 6.45) is 0. The Bertz CT molecular complexity index is 1060. The van der Waals surface area contributed by atoms with Crippen LogP contribution in [0.1, 0.15) is 35.1 Å². The number of Topliss-reactive ketones (excluding diaryl/α,β-unsaturated/α-hetero) is 2. The topological polar surface area (TPSA) is 165 Å². The number of carbonyl (C=O) groups is 2. The van der Waals surface area contributed by atoms with Gasteiger partial charge in [-0.25, -0.2) is 17.6 Å². The van der Waals surface area contributed by atoms with E-state index in [2.05, 4.69) is 10.0 Å². The van der Waals surface area contributed by atoms with Crippen molar-refractivity contribution in [3.63, 3.8) is 0 Å². The standard InChI is InChI=1S/C8H5ClF2O.C8H5F2N3O.C2H3N.CH4.N3.Na/c9-4-8(12)6-3-5(10)1-2-7(6)11;9-5-1-2-7(10)6(3-5)8(14)4-12-13-11;1-2-3;;1-3-2;/h1-3H,4H2;1-3H,4H2;1H3;1H4;;/q;;;;-1;+1. The van der Waals surface area contributed by atoms with E-state index in [1.165, 1.54) is 11.8 Å². The van der Waals surface area contributed by atoms with Crippen molar-refractivity contribution in [2.75, 3.05) is 12.4 Å². The van der Waals surface area contributed by atoms with Crippen molar-refractivity contribution < 1.29 is 56.7 Å². The molecule has 2 aromatic carbocycles. The van der Waals surface area contributed by atoms with Crippen LogP contribution in [0, 0.1) is 34.6 Å². The molecule has 0 bridgehead atoms. The first-order chi connectivity index (χ1) is 15.1. The molecule has 0 radical (unpaired) electrons. The summed E-state index contributed by atoms with van der Waals surface area (Å²) in [6, 6.07) is 6.94. The molecule has 34 heavy (non-hydrogen) atoms. The molecule has 0 aliphatic carbocycles. The van der Waals surface area contributed by atoms with E-state index in [0.29, 0.717) is 0 Å². The third kappa shape index (κ3) is 16.5. The fourth-order valence-corrected chi connectivity index (χ4v) is 1.82. The molecule has 0 aliphatic rings. The van der Waals surface area contributed by atoms with Gasteiger partial charge in [-0.3, -0.25) is 14.5 Å². The van der Waals surface area contributed by atoms with Crippen LogP contribution in [0.2, 0.25) is 0 Å². The van der Waals surface area contributed by atoms with Crippen LogP contribution in [0.5, 0.6) is 0 Å². The Labute approximate surface area is 219 Å². The number of nitriles is 1. The summed E-state index contributed by atoms with van der Waals surface area (Å²) >= 11 is 5.17. The van der Waals surface area contributed by atoms with Gasteiger partial charge in [-0.2, -0.15) is 5.26 Å². The number of hydrogen-bond acceptors (Lipinski definition) is 4. The molecule has 0 unspecified atom stereocenters. The van der Waals surface area contributed by atoms with E-state index in [9.17, 15) is 27.2 Å². The molecule has 0 saturated carbocycles. The third-order valence-electron chi connectivity index (χ3n) is 2.86. The Morgan fingerprint density at radius 1 is 0.971 bits per heavy atom. The molecule has 0 spiro atoms. The molecule has 2 aromatic rings. The number of azide groups is 1. The van der Waals surface area contributed by atoms with Crippen LogP contribution in [0.4, 0.5) is 17.6 Å². The third-order valence-corrected chi connectivity index (χ3v) is 3.10. The minimum Gasteiger partial charge on any atom is -0.373 e. The van der Waals surface area contributed by atoms with E-state index in [-0.39, 0.29) is 48.4 Å². The fraction of sp³-hybridized carbons (Fsp3) is 0.211. The number of carbonyl (C=O) groups excluding carboxylic acids is 2. The Morgan fingerprint density at radius 2 is 1.32 bits per heavy atom. The summed E-state index contributed by atoms with van der Waals surface area (Å²) in [6.45, 7) is 0.914. The Morgan fingerprint density at radius 3 is 1.65 bits per heavy atom. The molecule has 0 heterocycles. The largest absolute Gasteiger partial charge is 1.00 e. The van der Waals surface area contributed by atoms with E-state index < -0.39 is 46.9 Å². The second kappa shape index (κ2) is 23.1. The maximum atomic E-state index is 12.9. The number of halogens is 5. The van der Waals surface area contributed by atoms with E-state index in [4.69, 9.17) is 33.5 Å². The van der Waals surface area contributed by atoms with Crippen LogP contribution in [0.15, 0.2) is 41.5 Å². The zero-order valence-corrected chi connectivity index (χ0v) is 20.0. The van der Waals surface area contributed by atoms with Crippen LogP contribution in [0.3, 0.4) is 0 Å². The molecule has 15 heteroatoms. The Balaban J connectivity index is -0.000000206. The first kappa shape index (κ1) is 38.2. The van der Waals surface area contributed by atoms with Gasteiger partial charge in [-0.1, -0.05) is 12.5 Å². The van der Waals surface area contributed by atoms with E-state index in [1.54, 1.807) is 6.07 Å².